The Morgan fingerprint density at radius 3 is 1.32 bits per heavy atom. The van der Waals surface area contributed by atoms with Crippen LogP contribution in [0.5, 0.6) is 0 Å². The van der Waals surface area contributed by atoms with Crippen molar-refractivity contribution in [1.82, 2.24) is 5.32 Å². The maximum absolute atomic E-state index is 13.0. The van der Waals surface area contributed by atoms with E-state index in [2.05, 4.69) is 43.5 Å². The fourth-order valence-electron chi connectivity index (χ4n) is 8.13. The number of aliphatic hydroxyl groups is 1. The lowest BCUT2D eigenvalue weighted by atomic mass is 10.0. The lowest BCUT2D eigenvalue weighted by Crippen LogP contribution is -2.46. The van der Waals surface area contributed by atoms with Crippen LogP contribution in [0.3, 0.4) is 0 Å². The number of aliphatic hydroxyl groups excluding tert-OH is 1. The van der Waals surface area contributed by atoms with Crippen molar-refractivity contribution in [2.24, 2.45) is 0 Å². The van der Waals surface area contributed by atoms with Crippen LogP contribution in [0.1, 0.15) is 264 Å². The molecule has 0 spiro atoms. The van der Waals surface area contributed by atoms with Gasteiger partial charge in [0, 0.05) is 6.42 Å². The first-order valence-electron chi connectivity index (χ1n) is 27.2. The van der Waals surface area contributed by atoms with Gasteiger partial charge in [-0.25, -0.2) is 0 Å². The lowest BCUT2D eigenvalue weighted by Gasteiger charge is -2.30. The highest BCUT2D eigenvalue weighted by atomic mass is 31.2. The number of unbranched alkanes of at least 4 members (excludes halogenated alkanes) is 33. The Balaban J connectivity index is 4.23. The third-order valence-electron chi connectivity index (χ3n) is 12.4. The zero-order chi connectivity index (χ0) is 46.4. The van der Waals surface area contributed by atoms with Gasteiger partial charge in [-0.3, -0.25) is 9.36 Å². The summed E-state index contributed by atoms with van der Waals surface area (Å²) >= 11 is 0. The second-order valence-corrected chi connectivity index (χ2v) is 21.4. The summed E-state index contributed by atoms with van der Waals surface area (Å²) in [5, 5.41) is 14.0. The zero-order valence-electron chi connectivity index (χ0n) is 42.5. The number of carbonyl (C=O) groups is 1. The van der Waals surface area contributed by atoms with E-state index in [1.807, 2.05) is 21.1 Å². The first-order valence-corrected chi connectivity index (χ1v) is 28.6. The number of rotatable bonds is 50. The minimum absolute atomic E-state index is 0.0115. The number of quaternary nitrogens is 1. The van der Waals surface area contributed by atoms with Crippen LogP contribution in [-0.4, -0.2) is 68.5 Å². The second-order valence-electron chi connectivity index (χ2n) is 19.9. The third-order valence-corrected chi connectivity index (χ3v) is 13.4. The van der Waals surface area contributed by atoms with E-state index < -0.39 is 20.0 Å². The van der Waals surface area contributed by atoms with Crippen LogP contribution in [0.15, 0.2) is 24.3 Å². The number of phosphoric ester groups is 1. The highest BCUT2D eigenvalue weighted by Crippen LogP contribution is 2.38. The molecule has 0 bridgehead atoms. The van der Waals surface area contributed by atoms with Crippen molar-refractivity contribution >= 4 is 13.7 Å². The molecule has 0 radical (unpaired) electrons. The number of likely N-dealkylation sites (N-methyl/N-ethyl adjacent to an activating group) is 1. The molecule has 0 saturated heterocycles. The first kappa shape index (κ1) is 62.0. The smallest absolute Gasteiger partial charge is 0.268 e. The summed E-state index contributed by atoms with van der Waals surface area (Å²) in [4.78, 5) is 25.5. The van der Waals surface area contributed by atoms with Gasteiger partial charge in [-0.15, -0.1) is 0 Å². The van der Waals surface area contributed by atoms with Crippen LogP contribution in [0.4, 0.5) is 0 Å². The van der Waals surface area contributed by atoms with E-state index in [1.54, 1.807) is 0 Å². The molecule has 0 fully saturated rings. The minimum atomic E-state index is -4.57. The molecule has 0 aromatic rings. The van der Waals surface area contributed by atoms with Crippen LogP contribution in [0, 0.1) is 0 Å². The summed E-state index contributed by atoms with van der Waals surface area (Å²) in [7, 11) is 1.31. The molecule has 0 aliphatic rings. The Morgan fingerprint density at radius 2 is 0.921 bits per heavy atom. The number of hydrogen-bond donors (Lipinski definition) is 2. The van der Waals surface area contributed by atoms with Crippen molar-refractivity contribution in [1.29, 1.82) is 0 Å². The molecular weight excluding hydrogens is 804 g/mol. The number of allylic oxidation sites excluding steroid dienone is 4. The second kappa shape index (κ2) is 46.1. The molecule has 0 saturated carbocycles. The highest BCUT2D eigenvalue weighted by Gasteiger charge is 2.24. The number of hydrogen-bond acceptors (Lipinski definition) is 6. The maximum Gasteiger partial charge on any atom is 0.268 e. The molecule has 0 aliphatic heterocycles. The molecule has 8 nitrogen and oxygen atoms in total. The third kappa shape index (κ3) is 48.7. The molecule has 1 amide bonds. The Bertz CT molecular complexity index is 1080. The monoisotopic (exact) mass is 911 g/mol. The van der Waals surface area contributed by atoms with Crippen LogP contribution < -0.4 is 10.2 Å². The van der Waals surface area contributed by atoms with E-state index in [9.17, 15) is 19.4 Å². The summed E-state index contributed by atoms with van der Waals surface area (Å²) in [6.45, 7) is 4.74. The molecule has 3 atom stereocenters. The van der Waals surface area contributed by atoms with Crippen molar-refractivity contribution in [2.75, 3.05) is 40.9 Å². The molecule has 0 heterocycles. The van der Waals surface area contributed by atoms with Gasteiger partial charge in [0.05, 0.1) is 39.9 Å². The van der Waals surface area contributed by atoms with Crippen LogP contribution in [-0.2, 0) is 18.4 Å². The van der Waals surface area contributed by atoms with Gasteiger partial charge >= 0.3 is 0 Å². The summed E-state index contributed by atoms with van der Waals surface area (Å²) < 4.78 is 23.4. The molecule has 374 valence electrons. The van der Waals surface area contributed by atoms with E-state index in [0.717, 1.165) is 51.4 Å². The highest BCUT2D eigenvalue weighted by molar-refractivity contribution is 7.45. The van der Waals surface area contributed by atoms with E-state index in [4.69, 9.17) is 9.05 Å². The van der Waals surface area contributed by atoms with Gasteiger partial charge in [-0.1, -0.05) is 237 Å². The molecule has 0 rings (SSSR count). The Morgan fingerprint density at radius 1 is 0.556 bits per heavy atom. The fraction of sp³-hybridized carbons (Fsp3) is 0.907. The van der Waals surface area contributed by atoms with Crippen molar-refractivity contribution in [3.63, 3.8) is 0 Å². The quantitative estimate of drug-likeness (QED) is 0.0272. The number of carbonyl (C=O) groups excluding carboxylic acids is 1. The average molecular weight is 911 g/mol. The van der Waals surface area contributed by atoms with Gasteiger partial charge in [-0.05, 0) is 44.9 Å². The number of amides is 1. The Kier molecular flexibility index (Phi) is 45.4. The summed E-state index contributed by atoms with van der Waals surface area (Å²) in [5.74, 6) is -0.169. The van der Waals surface area contributed by atoms with Gasteiger partial charge < -0.3 is 28.8 Å². The van der Waals surface area contributed by atoms with E-state index in [1.165, 1.54) is 186 Å². The molecule has 0 aliphatic carbocycles. The predicted molar refractivity (Wildman–Crippen MR) is 270 cm³/mol. The van der Waals surface area contributed by atoms with Crippen molar-refractivity contribution in [3.05, 3.63) is 24.3 Å². The summed E-state index contributed by atoms with van der Waals surface area (Å²) in [6.07, 6.45) is 56.2. The van der Waals surface area contributed by atoms with Gasteiger partial charge in [0.1, 0.15) is 13.2 Å². The zero-order valence-corrected chi connectivity index (χ0v) is 43.4. The van der Waals surface area contributed by atoms with E-state index in [0.29, 0.717) is 23.9 Å². The largest absolute Gasteiger partial charge is 0.756 e. The molecule has 2 N–H and O–H groups in total. The van der Waals surface area contributed by atoms with Crippen LogP contribution in [0.25, 0.3) is 0 Å². The fourth-order valence-corrected chi connectivity index (χ4v) is 8.85. The lowest BCUT2D eigenvalue weighted by molar-refractivity contribution is -0.870. The van der Waals surface area contributed by atoms with E-state index in [-0.39, 0.29) is 19.1 Å². The normalized spacial score (nSPS) is 14.2. The molecule has 0 aromatic carbocycles. The van der Waals surface area contributed by atoms with Crippen molar-refractivity contribution in [2.45, 2.75) is 276 Å². The van der Waals surface area contributed by atoms with Gasteiger partial charge in [0.25, 0.3) is 7.82 Å². The summed E-state index contributed by atoms with van der Waals surface area (Å²) in [6, 6.07) is -0.804. The van der Waals surface area contributed by atoms with Gasteiger partial charge in [-0.2, -0.15) is 0 Å². The van der Waals surface area contributed by atoms with Crippen molar-refractivity contribution in [3.8, 4) is 0 Å². The van der Waals surface area contributed by atoms with Gasteiger partial charge in [0.15, 0.2) is 0 Å². The number of nitrogens with one attached hydrogen (secondary N) is 1. The average Bonchev–Trinajstić information content (AvgIpc) is 3.24. The summed E-state index contributed by atoms with van der Waals surface area (Å²) in [5.41, 5.74) is 0. The molecular formula is C54H107N2O6P. The molecule has 3 unspecified atom stereocenters. The molecule has 9 heteroatoms. The predicted octanol–water partition coefficient (Wildman–Crippen LogP) is 15.4. The molecule has 0 aromatic heterocycles. The minimum Gasteiger partial charge on any atom is -0.756 e. The number of nitrogens with zero attached hydrogens (tertiary/aromatic N) is 1. The van der Waals surface area contributed by atoms with Crippen LogP contribution >= 0.6 is 7.82 Å². The van der Waals surface area contributed by atoms with Gasteiger partial charge in [0.2, 0.25) is 5.91 Å². The maximum atomic E-state index is 13.0. The number of phosphoric acid groups is 1. The standard InChI is InChI=1S/C54H107N2O6P/c1-6-8-10-12-14-16-18-20-22-24-26-27-28-29-30-32-34-36-38-40-42-44-46-48-54(58)55-52(51-62-63(59,60)61-50-49-56(3,4)5)53(57)47-45-43-41-39-37-35-33-31-25-23-21-19-17-15-13-11-9-7-2/h26-27,29-30,52-53,57H,6-25,28,31-51H2,1-5H3,(H-,55,58,59,60)/b27-26-,30-29-. The molecule has 63 heavy (non-hydrogen) atoms. The Hall–Kier alpha value is -1.02. The van der Waals surface area contributed by atoms with Crippen molar-refractivity contribution < 1.29 is 32.9 Å². The van der Waals surface area contributed by atoms with Crippen LogP contribution in [0.2, 0.25) is 0 Å². The first-order chi connectivity index (χ1) is 30.5. The SMILES string of the molecule is CCCCCCCCCCC/C=C\C/C=C\CCCCCCCCCC(=O)NC(COP(=O)([O-])OCC[N+](C)(C)C)C(O)CCCCCCCCCCCCCCCCCCCC. The Labute approximate surface area is 392 Å². The topological polar surface area (TPSA) is 108 Å². The van der Waals surface area contributed by atoms with E-state index >= 15 is 0 Å².